The molecule has 2 amide bonds. The van der Waals surface area contributed by atoms with Crippen molar-refractivity contribution in [3.8, 4) is 5.69 Å². The first-order chi connectivity index (χ1) is 10.7. The number of benzene rings is 1. The van der Waals surface area contributed by atoms with Gasteiger partial charge in [-0.3, -0.25) is 24.3 Å². The molecule has 0 saturated heterocycles. The molecule has 6 nitrogen and oxygen atoms in total. The second kappa shape index (κ2) is 5.33. The van der Waals surface area contributed by atoms with Crippen molar-refractivity contribution in [2.45, 2.75) is 0 Å². The summed E-state index contributed by atoms with van der Waals surface area (Å²) in [6, 6.07) is 2.19. The molecular formula is C13H5BrCl2FN3O3. The van der Waals surface area contributed by atoms with E-state index < -0.39 is 28.2 Å². The van der Waals surface area contributed by atoms with Crippen LogP contribution in [0.15, 0.2) is 21.4 Å². The highest BCUT2D eigenvalue weighted by atomic mass is 79.9. The number of pyridine rings is 1. The fourth-order valence-corrected chi connectivity index (χ4v) is 3.32. The van der Waals surface area contributed by atoms with Crippen molar-refractivity contribution in [3.63, 3.8) is 0 Å². The van der Waals surface area contributed by atoms with Crippen LogP contribution in [0.2, 0.25) is 10.0 Å². The largest absolute Gasteiger partial charge is 0.384 e. The molecule has 0 spiro atoms. The van der Waals surface area contributed by atoms with Gasteiger partial charge >= 0.3 is 0 Å². The van der Waals surface area contributed by atoms with Gasteiger partial charge in [0.05, 0.1) is 21.2 Å². The number of carbonyl (C=O) groups excluding carboxylic acids is 2. The Morgan fingerprint density at radius 2 is 1.83 bits per heavy atom. The van der Waals surface area contributed by atoms with Crippen molar-refractivity contribution < 1.29 is 14.0 Å². The topological polar surface area (TPSA) is 94.2 Å². The van der Waals surface area contributed by atoms with Crippen molar-refractivity contribution in [1.82, 2.24) is 9.88 Å². The van der Waals surface area contributed by atoms with Crippen LogP contribution in [0.25, 0.3) is 5.69 Å². The third-order valence-corrected chi connectivity index (χ3v) is 4.64. The fraction of sp³-hybridized carbons (Fsp3) is 0. The monoisotopic (exact) mass is 419 g/mol. The molecule has 3 rings (SSSR count). The Morgan fingerprint density at radius 3 is 2.48 bits per heavy atom. The lowest BCUT2D eigenvalue weighted by molar-refractivity contribution is 0.0880. The van der Waals surface area contributed by atoms with Crippen molar-refractivity contribution in [2.75, 3.05) is 5.73 Å². The number of fused-ring (bicyclic) bond motifs is 1. The van der Waals surface area contributed by atoms with Gasteiger partial charge in [-0.15, -0.1) is 0 Å². The molecule has 0 bridgehead atoms. The van der Waals surface area contributed by atoms with E-state index in [9.17, 15) is 18.8 Å². The van der Waals surface area contributed by atoms with Crippen LogP contribution in [-0.4, -0.2) is 16.4 Å². The predicted molar refractivity (Wildman–Crippen MR) is 85.9 cm³/mol. The summed E-state index contributed by atoms with van der Waals surface area (Å²) in [5.74, 6) is -2.89. The van der Waals surface area contributed by atoms with Crippen molar-refractivity contribution in [3.05, 3.63) is 53.9 Å². The summed E-state index contributed by atoms with van der Waals surface area (Å²) in [5, 5.41) is 1.54. The summed E-state index contributed by atoms with van der Waals surface area (Å²) < 4.78 is 15.3. The molecule has 0 saturated carbocycles. The maximum Gasteiger partial charge on any atom is 0.262 e. The van der Waals surface area contributed by atoms with Crippen LogP contribution in [0.1, 0.15) is 20.7 Å². The fourth-order valence-electron chi connectivity index (χ4n) is 2.27. The molecule has 23 heavy (non-hydrogen) atoms. The molecule has 118 valence electrons. The molecule has 3 N–H and O–H groups in total. The number of anilines is 1. The van der Waals surface area contributed by atoms with Gasteiger partial charge in [-0.1, -0.05) is 23.2 Å². The summed E-state index contributed by atoms with van der Waals surface area (Å²) in [4.78, 5) is 35.7. The predicted octanol–water partition coefficient (Wildman–Crippen LogP) is 2.51. The number of imide groups is 1. The van der Waals surface area contributed by atoms with E-state index in [0.29, 0.717) is 0 Å². The van der Waals surface area contributed by atoms with Crippen LogP contribution in [0.3, 0.4) is 0 Å². The van der Waals surface area contributed by atoms with E-state index in [0.717, 1.165) is 10.6 Å². The van der Waals surface area contributed by atoms with Crippen LogP contribution in [-0.2, 0) is 0 Å². The number of nitrogens with two attached hydrogens (primary N) is 1. The number of aromatic nitrogens is 1. The van der Waals surface area contributed by atoms with Crippen molar-refractivity contribution >= 4 is 56.8 Å². The van der Waals surface area contributed by atoms with Crippen molar-refractivity contribution in [1.29, 1.82) is 0 Å². The molecule has 0 atom stereocenters. The second-order valence-electron chi connectivity index (χ2n) is 4.59. The summed E-state index contributed by atoms with van der Waals surface area (Å²) in [7, 11) is 0. The van der Waals surface area contributed by atoms with Crippen LogP contribution < -0.4 is 16.6 Å². The van der Waals surface area contributed by atoms with E-state index in [1.165, 1.54) is 6.07 Å². The molecule has 0 fully saturated rings. The number of carbonyl (C=O) groups is 2. The lowest BCUT2D eigenvalue weighted by atomic mass is 10.1. The Bertz CT molecular complexity index is 974. The van der Waals surface area contributed by atoms with Crippen LogP contribution in [0.4, 0.5) is 10.2 Å². The molecule has 1 aromatic carbocycles. The van der Waals surface area contributed by atoms with Crippen LogP contribution >= 0.6 is 39.1 Å². The van der Waals surface area contributed by atoms with Gasteiger partial charge in [0.15, 0.2) is 5.82 Å². The van der Waals surface area contributed by atoms with E-state index in [4.69, 9.17) is 28.9 Å². The summed E-state index contributed by atoms with van der Waals surface area (Å²) >= 11 is 14.6. The minimum Gasteiger partial charge on any atom is -0.384 e. The zero-order valence-electron chi connectivity index (χ0n) is 10.9. The van der Waals surface area contributed by atoms with Gasteiger partial charge in [-0.05, 0) is 22.0 Å². The number of nitrogens with zero attached hydrogens (tertiary/aromatic N) is 1. The standard InChI is InChI=1S/C13H5BrCl2FN3O3/c14-4-2-5(15)8(16)9(17)10(4)20-6(21)1-3-7(11(20)18)13(23)19-12(3)22/h1-2H,18H2,(H,19,22,23). The smallest absolute Gasteiger partial charge is 0.262 e. The molecule has 2 heterocycles. The van der Waals surface area contributed by atoms with Gasteiger partial charge in [0, 0.05) is 10.5 Å². The third kappa shape index (κ3) is 2.25. The molecular weight excluding hydrogens is 416 g/mol. The average Bonchev–Trinajstić information content (AvgIpc) is 2.74. The summed E-state index contributed by atoms with van der Waals surface area (Å²) in [5.41, 5.74) is 4.36. The van der Waals surface area contributed by atoms with E-state index >= 15 is 0 Å². The van der Waals surface area contributed by atoms with Gasteiger partial charge in [-0.25, -0.2) is 4.39 Å². The van der Waals surface area contributed by atoms with Crippen molar-refractivity contribution in [2.24, 2.45) is 0 Å². The molecule has 0 aliphatic carbocycles. The minimum absolute atomic E-state index is 0.0690. The maximum atomic E-state index is 14.5. The van der Waals surface area contributed by atoms with Crippen LogP contribution in [0, 0.1) is 5.82 Å². The van der Waals surface area contributed by atoms with Gasteiger partial charge in [0.25, 0.3) is 17.4 Å². The van der Waals surface area contributed by atoms with E-state index in [-0.39, 0.29) is 32.1 Å². The lowest BCUT2D eigenvalue weighted by Crippen LogP contribution is -2.25. The average molecular weight is 421 g/mol. The number of hydrogen-bond acceptors (Lipinski definition) is 4. The molecule has 1 aliphatic rings. The molecule has 1 aliphatic heterocycles. The highest BCUT2D eigenvalue weighted by molar-refractivity contribution is 9.10. The van der Waals surface area contributed by atoms with Gasteiger partial charge in [-0.2, -0.15) is 0 Å². The number of nitrogen functional groups attached to an aromatic ring is 1. The number of nitrogens with one attached hydrogen (secondary N) is 1. The van der Waals surface area contributed by atoms with E-state index in [1.807, 2.05) is 5.32 Å². The Labute approximate surface area is 146 Å². The van der Waals surface area contributed by atoms with Gasteiger partial charge in [0.2, 0.25) is 0 Å². The number of rotatable bonds is 1. The summed E-state index contributed by atoms with van der Waals surface area (Å²) in [6.45, 7) is 0. The highest BCUT2D eigenvalue weighted by Gasteiger charge is 2.33. The minimum atomic E-state index is -0.996. The Balaban J connectivity index is 2.43. The lowest BCUT2D eigenvalue weighted by Gasteiger charge is -2.15. The second-order valence-corrected chi connectivity index (χ2v) is 6.23. The first kappa shape index (κ1) is 16.0. The Hall–Kier alpha value is -1.90. The first-order valence-corrected chi connectivity index (χ1v) is 7.53. The SMILES string of the molecule is Nc1c2c(cc(=O)n1-c1c(Br)cc(Cl)c(Cl)c1F)C(=O)NC2=O. The number of halogens is 4. The van der Waals surface area contributed by atoms with E-state index in [2.05, 4.69) is 15.9 Å². The Morgan fingerprint density at radius 1 is 1.17 bits per heavy atom. The van der Waals surface area contributed by atoms with Gasteiger partial charge in [0.1, 0.15) is 11.5 Å². The van der Waals surface area contributed by atoms with Crippen LogP contribution in [0.5, 0.6) is 0 Å². The summed E-state index contributed by atoms with van der Waals surface area (Å²) in [6.07, 6.45) is 0. The normalized spacial score (nSPS) is 13.2. The third-order valence-electron chi connectivity index (χ3n) is 3.27. The number of amides is 2. The quantitative estimate of drug-likeness (QED) is 0.421. The molecule has 0 unspecified atom stereocenters. The molecule has 10 heteroatoms. The maximum absolute atomic E-state index is 14.5. The number of hydrogen-bond donors (Lipinski definition) is 2. The zero-order chi connectivity index (χ0) is 17.0. The molecule has 1 aromatic heterocycles. The zero-order valence-corrected chi connectivity index (χ0v) is 14.0. The Kier molecular flexibility index (Phi) is 3.70. The first-order valence-electron chi connectivity index (χ1n) is 5.98. The molecule has 0 radical (unpaired) electrons. The van der Waals surface area contributed by atoms with E-state index in [1.54, 1.807) is 0 Å². The molecule has 2 aromatic rings. The van der Waals surface area contributed by atoms with Gasteiger partial charge < -0.3 is 5.73 Å². The highest BCUT2D eigenvalue weighted by Crippen LogP contribution is 2.36.